The number of hydrogen-bond donors (Lipinski definition) is 1. The molecule has 2 N–H and O–H groups in total. The van der Waals surface area contributed by atoms with Gasteiger partial charge in [0.25, 0.3) is 0 Å². The maximum absolute atomic E-state index is 10.5. The summed E-state index contributed by atoms with van der Waals surface area (Å²) in [7, 11) is 3.78. The van der Waals surface area contributed by atoms with Crippen LogP contribution >= 0.6 is 0 Å². The van der Waals surface area contributed by atoms with E-state index >= 15 is 0 Å². The van der Waals surface area contributed by atoms with Crippen LogP contribution < -0.4 is 5.73 Å². The molecule has 3 nitrogen and oxygen atoms in total. The molecule has 0 aliphatic rings. The monoisotopic (exact) mass is 130 g/mol. The number of likely N-dealkylation sites (N-methyl/N-ethyl adjacent to an activating group) is 1. The normalized spacial score (nSPS) is 13.9. The van der Waals surface area contributed by atoms with E-state index in [4.69, 9.17) is 5.73 Å². The largest absolute Gasteiger partial charge is 0.320 e. The van der Waals surface area contributed by atoms with E-state index in [9.17, 15) is 4.79 Å². The molecule has 0 aromatic rings. The van der Waals surface area contributed by atoms with Gasteiger partial charge in [-0.2, -0.15) is 0 Å². The summed E-state index contributed by atoms with van der Waals surface area (Å²) in [4.78, 5) is 12.4. The second kappa shape index (κ2) is 3.58. The third kappa shape index (κ3) is 4.12. The molecule has 0 fully saturated rings. The lowest BCUT2D eigenvalue weighted by Gasteiger charge is -2.13. The van der Waals surface area contributed by atoms with Gasteiger partial charge in [0.2, 0.25) is 0 Å². The number of hydrogen-bond acceptors (Lipinski definition) is 3. The third-order valence-electron chi connectivity index (χ3n) is 1.08. The van der Waals surface area contributed by atoms with Gasteiger partial charge >= 0.3 is 0 Å². The predicted molar refractivity (Wildman–Crippen MR) is 37.2 cm³/mol. The van der Waals surface area contributed by atoms with Crippen LogP contribution in [-0.2, 0) is 4.79 Å². The summed E-state index contributed by atoms with van der Waals surface area (Å²) in [5.41, 5.74) is 5.43. The summed E-state index contributed by atoms with van der Waals surface area (Å²) in [6.45, 7) is 2.14. The van der Waals surface area contributed by atoms with Gasteiger partial charge in [-0.3, -0.25) is 4.79 Å². The average Bonchev–Trinajstić information content (AvgIpc) is 1.63. The molecule has 0 heterocycles. The first-order valence-electron chi connectivity index (χ1n) is 2.95. The maximum atomic E-state index is 10.5. The molecule has 0 bridgehead atoms. The lowest BCUT2D eigenvalue weighted by atomic mass is 10.2. The van der Waals surface area contributed by atoms with Gasteiger partial charge in [-0.25, -0.2) is 0 Å². The number of carbonyl (C=O) groups excluding carboxylic acids is 1. The molecular formula is C6H14N2O. The quantitative estimate of drug-likeness (QED) is 0.558. The molecular weight excluding hydrogens is 116 g/mol. The SMILES string of the molecule is CC(=O)[C@@H](N)CN(C)C. The first-order chi connectivity index (χ1) is 4.04. The van der Waals surface area contributed by atoms with Gasteiger partial charge in [0.05, 0.1) is 6.04 Å². The number of ketones is 1. The van der Waals surface area contributed by atoms with Crippen LogP contribution in [0.5, 0.6) is 0 Å². The molecule has 1 atom stereocenters. The predicted octanol–water partition coefficient (Wildman–Crippen LogP) is -0.536. The van der Waals surface area contributed by atoms with Crippen molar-refractivity contribution in [2.75, 3.05) is 20.6 Å². The zero-order valence-corrected chi connectivity index (χ0v) is 6.22. The Bertz CT molecular complexity index is 101. The standard InChI is InChI=1S/C6H14N2O/c1-5(9)6(7)4-8(2)3/h6H,4,7H2,1-3H3/t6-/m0/s1. The van der Waals surface area contributed by atoms with Crippen molar-refractivity contribution in [3.63, 3.8) is 0 Å². The molecule has 0 saturated carbocycles. The zero-order valence-electron chi connectivity index (χ0n) is 6.22. The highest BCUT2D eigenvalue weighted by Crippen LogP contribution is 1.82. The highest BCUT2D eigenvalue weighted by molar-refractivity contribution is 5.81. The van der Waals surface area contributed by atoms with Crippen molar-refractivity contribution in [2.45, 2.75) is 13.0 Å². The molecule has 0 aliphatic carbocycles. The summed E-state index contributed by atoms with van der Waals surface area (Å²) in [6.07, 6.45) is 0. The lowest BCUT2D eigenvalue weighted by molar-refractivity contribution is -0.118. The van der Waals surface area contributed by atoms with Gasteiger partial charge in [-0.05, 0) is 21.0 Å². The van der Waals surface area contributed by atoms with Crippen molar-refractivity contribution in [3.05, 3.63) is 0 Å². The number of rotatable bonds is 3. The number of nitrogens with two attached hydrogens (primary N) is 1. The lowest BCUT2D eigenvalue weighted by Crippen LogP contribution is -2.38. The number of nitrogens with zero attached hydrogens (tertiary/aromatic N) is 1. The van der Waals surface area contributed by atoms with Crippen LogP contribution in [0.15, 0.2) is 0 Å². The second-order valence-electron chi connectivity index (χ2n) is 2.48. The minimum absolute atomic E-state index is 0.0451. The molecule has 0 aromatic heterocycles. The van der Waals surface area contributed by atoms with Gasteiger partial charge in [0.1, 0.15) is 5.78 Å². The van der Waals surface area contributed by atoms with Gasteiger partial charge in [0, 0.05) is 6.54 Å². The smallest absolute Gasteiger partial charge is 0.147 e. The summed E-state index contributed by atoms with van der Waals surface area (Å²) in [5.74, 6) is 0.0451. The van der Waals surface area contributed by atoms with Gasteiger partial charge in [0.15, 0.2) is 0 Å². The van der Waals surface area contributed by atoms with Crippen molar-refractivity contribution < 1.29 is 4.79 Å². The molecule has 0 aromatic carbocycles. The summed E-state index contributed by atoms with van der Waals surface area (Å²) >= 11 is 0. The molecule has 0 radical (unpaired) electrons. The van der Waals surface area contributed by atoms with E-state index in [1.165, 1.54) is 6.92 Å². The molecule has 0 amide bonds. The van der Waals surface area contributed by atoms with E-state index in [0.717, 1.165) is 0 Å². The topological polar surface area (TPSA) is 46.3 Å². The Hall–Kier alpha value is -0.410. The molecule has 0 unspecified atom stereocenters. The molecule has 0 saturated heterocycles. The van der Waals surface area contributed by atoms with E-state index in [2.05, 4.69) is 0 Å². The van der Waals surface area contributed by atoms with Gasteiger partial charge in [-0.1, -0.05) is 0 Å². The Labute approximate surface area is 55.8 Å². The van der Waals surface area contributed by atoms with Crippen LogP contribution in [-0.4, -0.2) is 37.4 Å². The van der Waals surface area contributed by atoms with Crippen LogP contribution in [0, 0.1) is 0 Å². The fourth-order valence-electron chi connectivity index (χ4n) is 0.522. The van der Waals surface area contributed by atoms with E-state index < -0.39 is 0 Å². The van der Waals surface area contributed by atoms with Crippen LogP contribution in [0.3, 0.4) is 0 Å². The summed E-state index contributed by atoms with van der Waals surface area (Å²) in [5, 5.41) is 0. The Morgan fingerprint density at radius 2 is 2.11 bits per heavy atom. The molecule has 0 aliphatic heterocycles. The highest BCUT2D eigenvalue weighted by Gasteiger charge is 2.07. The summed E-state index contributed by atoms with van der Waals surface area (Å²) < 4.78 is 0. The van der Waals surface area contributed by atoms with Crippen molar-refractivity contribution in [2.24, 2.45) is 5.73 Å². The number of Topliss-reactive ketones (excluding diaryl/α,β-unsaturated/α-hetero) is 1. The van der Waals surface area contributed by atoms with Crippen molar-refractivity contribution in [1.29, 1.82) is 0 Å². The van der Waals surface area contributed by atoms with Gasteiger partial charge in [-0.15, -0.1) is 0 Å². The Morgan fingerprint density at radius 1 is 1.67 bits per heavy atom. The van der Waals surface area contributed by atoms with Crippen LogP contribution in [0.25, 0.3) is 0 Å². The fourth-order valence-corrected chi connectivity index (χ4v) is 0.522. The Balaban J connectivity index is 3.50. The Kier molecular flexibility index (Phi) is 3.42. The molecule has 3 heteroatoms. The van der Waals surface area contributed by atoms with E-state index in [1.807, 2.05) is 19.0 Å². The number of carbonyl (C=O) groups is 1. The van der Waals surface area contributed by atoms with Crippen LogP contribution in [0.1, 0.15) is 6.92 Å². The first kappa shape index (κ1) is 8.59. The van der Waals surface area contributed by atoms with E-state index in [0.29, 0.717) is 6.54 Å². The minimum atomic E-state index is -0.319. The molecule has 9 heavy (non-hydrogen) atoms. The van der Waals surface area contributed by atoms with Crippen molar-refractivity contribution in [1.82, 2.24) is 4.90 Å². The zero-order chi connectivity index (χ0) is 7.44. The van der Waals surface area contributed by atoms with Crippen LogP contribution in [0.2, 0.25) is 0 Å². The average molecular weight is 130 g/mol. The molecule has 0 rings (SSSR count). The molecule has 0 spiro atoms. The minimum Gasteiger partial charge on any atom is -0.320 e. The fraction of sp³-hybridized carbons (Fsp3) is 0.833. The summed E-state index contributed by atoms with van der Waals surface area (Å²) in [6, 6.07) is -0.319. The highest BCUT2D eigenvalue weighted by atomic mass is 16.1. The van der Waals surface area contributed by atoms with Gasteiger partial charge < -0.3 is 10.6 Å². The van der Waals surface area contributed by atoms with Crippen LogP contribution in [0.4, 0.5) is 0 Å². The first-order valence-corrected chi connectivity index (χ1v) is 2.95. The van der Waals surface area contributed by atoms with Crippen molar-refractivity contribution in [3.8, 4) is 0 Å². The van der Waals surface area contributed by atoms with E-state index in [-0.39, 0.29) is 11.8 Å². The van der Waals surface area contributed by atoms with Crippen molar-refractivity contribution >= 4 is 5.78 Å². The maximum Gasteiger partial charge on any atom is 0.147 e. The third-order valence-corrected chi connectivity index (χ3v) is 1.08. The Morgan fingerprint density at radius 3 is 2.22 bits per heavy atom. The second-order valence-corrected chi connectivity index (χ2v) is 2.48. The van der Waals surface area contributed by atoms with E-state index in [1.54, 1.807) is 0 Å². The molecule has 54 valence electrons.